The van der Waals surface area contributed by atoms with E-state index in [2.05, 4.69) is 0 Å². The molecule has 1 rings (SSSR count). The normalized spacial score (nSPS) is 30.4. The molecule has 1 amide bonds. The number of hydrogen-bond donors (Lipinski definition) is 1. The maximum atomic E-state index is 12.6. The number of alkyl halides is 3. The second kappa shape index (κ2) is 7.79. The Labute approximate surface area is 135 Å². The van der Waals surface area contributed by atoms with Crippen molar-refractivity contribution in [3.05, 3.63) is 0 Å². The van der Waals surface area contributed by atoms with Crippen LogP contribution in [0.15, 0.2) is 0 Å². The Hall–Kier alpha value is -1.88. The molecule has 0 aromatic rings. The minimum atomic E-state index is -5.17. The average molecular weight is 357 g/mol. The standard InChI is InChI=1S/C13H18F3NO7/c1-5-9(23-6(2)18)8(17-12(20)13(14,15)16)10(24-7(3)19)11(21-4)22-5/h5,8-11H,1-4H3,(H,17,20)/t5-,8+,9+,10+,11+/m0/s1. The Morgan fingerprint density at radius 2 is 1.54 bits per heavy atom. The second-order valence-electron chi connectivity index (χ2n) is 5.09. The molecule has 11 heteroatoms. The number of ether oxygens (including phenoxy) is 4. The lowest BCUT2D eigenvalue weighted by Gasteiger charge is -2.44. The van der Waals surface area contributed by atoms with Crippen molar-refractivity contribution in [2.75, 3.05) is 7.11 Å². The van der Waals surface area contributed by atoms with Crippen LogP contribution in [0.2, 0.25) is 0 Å². The smallest absolute Gasteiger partial charge is 0.457 e. The predicted molar refractivity (Wildman–Crippen MR) is 70.4 cm³/mol. The molecule has 0 unspecified atom stereocenters. The van der Waals surface area contributed by atoms with Gasteiger partial charge >= 0.3 is 24.0 Å². The van der Waals surface area contributed by atoms with Crippen LogP contribution in [0.25, 0.3) is 0 Å². The first-order chi connectivity index (χ1) is 11.0. The van der Waals surface area contributed by atoms with Gasteiger partial charge in [0.15, 0.2) is 18.5 Å². The van der Waals surface area contributed by atoms with E-state index in [9.17, 15) is 27.6 Å². The van der Waals surface area contributed by atoms with Gasteiger partial charge in [-0.25, -0.2) is 0 Å². The van der Waals surface area contributed by atoms with Gasteiger partial charge in [0.05, 0.1) is 6.10 Å². The molecular formula is C13H18F3NO7. The van der Waals surface area contributed by atoms with E-state index in [0.29, 0.717) is 0 Å². The molecule has 1 saturated heterocycles. The average Bonchev–Trinajstić information content (AvgIpc) is 2.43. The number of nitrogens with one attached hydrogen (secondary N) is 1. The van der Waals surface area contributed by atoms with Crippen molar-refractivity contribution in [2.45, 2.75) is 57.6 Å². The van der Waals surface area contributed by atoms with E-state index in [1.54, 1.807) is 5.32 Å². The lowest BCUT2D eigenvalue weighted by molar-refractivity contribution is -0.271. The minimum absolute atomic E-state index is 0.806. The molecule has 0 aromatic heterocycles. The number of halogens is 3. The van der Waals surface area contributed by atoms with E-state index in [-0.39, 0.29) is 0 Å². The topological polar surface area (TPSA) is 100 Å². The van der Waals surface area contributed by atoms with Gasteiger partial charge in [-0.15, -0.1) is 0 Å². The van der Waals surface area contributed by atoms with Crippen LogP contribution in [0, 0.1) is 0 Å². The van der Waals surface area contributed by atoms with E-state index in [1.165, 1.54) is 14.0 Å². The Bertz CT molecular complexity index is 496. The van der Waals surface area contributed by atoms with Crippen LogP contribution in [0.1, 0.15) is 20.8 Å². The zero-order chi connectivity index (χ0) is 18.7. The van der Waals surface area contributed by atoms with Gasteiger partial charge in [-0.2, -0.15) is 13.2 Å². The molecule has 0 spiro atoms. The summed E-state index contributed by atoms with van der Waals surface area (Å²) in [4.78, 5) is 33.7. The summed E-state index contributed by atoms with van der Waals surface area (Å²) in [6.07, 6.45) is -10.1. The molecule has 1 heterocycles. The summed E-state index contributed by atoms with van der Waals surface area (Å²) in [7, 11) is 1.18. The van der Waals surface area contributed by atoms with Crippen molar-refractivity contribution < 1.29 is 46.5 Å². The molecule has 0 aliphatic carbocycles. The molecule has 1 N–H and O–H groups in total. The molecule has 8 nitrogen and oxygen atoms in total. The molecule has 0 bridgehead atoms. The largest absolute Gasteiger partial charge is 0.471 e. The third-order valence-corrected chi connectivity index (χ3v) is 3.18. The lowest BCUT2D eigenvalue weighted by atomic mass is 9.96. The van der Waals surface area contributed by atoms with Crippen LogP contribution >= 0.6 is 0 Å². The number of amides is 1. The summed E-state index contributed by atoms with van der Waals surface area (Å²) in [5, 5.41) is 1.69. The fourth-order valence-electron chi connectivity index (χ4n) is 2.28. The summed E-state index contributed by atoms with van der Waals surface area (Å²) < 4.78 is 57.9. The van der Waals surface area contributed by atoms with E-state index >= 15 is 0 Å². The highest BCUT2D eigenvalue weighted by atomic mass is 19.4. The van der Waals surface area contributed by atoms with Crippen molar-refractivity contribution in [3.8, 4) is 0 Å². The number of carbonyl (C=O) groups is 3. The van der Waals surface area contributed by atoms with Crippen molar-refractivity contribution >= 4 is 17.8 Å². The summed E-state index contributed by atoms with van der Waals surface area (Å²) in [5.74, 6) is -3.92. The van der Waals surface area contributed by atoms with E-state index in [0.717, 1.165) is 13.8 Å². The van der Waals surface area contributed by atoms with Crippen molar-refractivity contribution in [1.82, 2.24) is 5.32 Å². The van der Waals surface area contributed by atoms with Crippen molar-refractivity contribution in [2.24, 2.45) is 0 Å². The molecule has 0 radical (unpaired) electrons. The van der Waals surface area contributed by atoms with Gasteiger partial charge in [-0.1, -0.05) is 0 Å². The highest BCUT2D eigenvalue weighted by Gasteiger charge is 2.51. The maximum Gasteiger partial charge on any atom is 0.471 e. The maximum absolute atomic E-state index is 12.6. The Morgan fingerprint density at radius 3 is 1.96 bits per heavy atom. The van der Waals surface area contributed by atoms with Crippen LogP contribution in [-0.2, 0) is 33.3 Å². The van der Waals surface area contributed by atoms with Crippen molar-refractivity contribution in [3.63, 3.8) is 0 Å². The molecule has 5 atom stereocenters. The monoisotopic (exact) mass is 357 g/mol. The highest BCUT2D eigenvalue weighted by Crippen LogP contribution is 2.27. The molecule has 0 aromatic carbocycles. The van der Waals surface area contributed by atoms with Crippen LogP contribution < -0.4 is 5.32 Å². The molecule has 24 heavy (non-hydrogen) atoms. The van der Waals surface area contributed by atoms with Crippen LogP contribution in [0.3, 0.4) is 0 Å². The quantitative estimate of drug-likeness (QED) is 0.722. The Morgan fingerprint density at radius 1 is 1.04 bits per heavy atom. The van der Waals surface area contributed by atoms with Gasteiger partial charge in [0.25, 0.3) is 0 Å². The van der Waals surface area contributed by atoms with E-state index < -0.39 is 54.7 Å². The minimum Gasteiger partial charge on any atom is -0.457 e. The third kappa shape index (κ3) is 5.06. The number of rotatable bonds is 4. The number of hydrogen-bond acceptors (Lipinski definition) is 7. The van der Waals surface area contributed by atoms with Gasteiger partial charge in [0.2, 0.25) is 0 Å². The fourth-order valence-corrected chi connectivity index (χ4v) is 2.28. The Kier molecular flexibility index (Phi) is 6.55. The zero-order valence-corrected chi connectivity index (χ0v) is 13.4. The van der Waals surface area contributed by atoms with Crippen LogP contribution in [0.4, 0.5) is 13.2 Å². The van der Waals surface area contributed by atoms with E-state index in [4.69, 9.17) is 18.9 Å². The first kappa shape index (κ1) is 20.2. The predicted octanol–water partition coefficient (Wildman–Crippen LogP) is 0.288. The van der Waals surface area contributed by atoms with Gasteiger partial charge in [-0.05, 0) is 6.92 Å². The number of esters is 2. The van der Waals surface area contributed by atoms with Gasteiger partial charge in [0, 0.05) is 21.0 Å². The van der Waals surface area contributed by atoms with Gasteiger partial charge in [-0.3, -0.25) is 14.4 Å². The third-order valence-electron chi connectivity index (χ3n) is 3.18. The molecule has 1 aliphatic heterocycles. The molecule has 138 valence electrons. The molecule has 1 aliphatic rings. The van der Waals surface area contributed by atoms with Gasteiger partial charge in [0.1, 0.15) is 6.04 Å². The summed E-state index contributed by atoms with van der Waals surface area (Å²) in [6.45, 7) is 3.48. The molecular weight excluding hydrogens is 339 g/mol. The van der Waals surface area contributed by atoms with Crippen LogP contribution in [-0.4, -0.2) is 61.8 Å². The fraction of sp³-hybridized carbons (Fsp3) is 0.769. The first-order valence-electron chi connectivity index (χ1n) is 6.87. The van der Waals surface area contributed by atoms with Crippen molar-refractivity contribution in [1.29, 1.82) is 0 Å². The number of methoxy groups -OCH3 is 1. The molecule has 1 fully saturated rings. The SMILES string of the molecule is CO[C@@H]1O[C@@H](C)[C@@H](OC(C)=O)[C@@H](NC(=O)C(F)(F)F)[C@H]1OC(C)=O. The second-order valence-corrected chi connectivity index (χ2v) is 5.09. The zero-order valence-electron chi connectivity index (χ0n) is 13.4. The summed E-state index contributed by atoms with van der Waals surface area (Å²) in [6, 6.07) is -1.51. The summed E-state index contributed by atoms with van der Waals surface area (Å²) >= 11 is 0. The highest BCUT2D eigenvalue weighted by molar-refractivity contribution is 5.82. The molecule has 0 saturated carbocycles. The van der Waals surface area contributed by atoms with Crippen LogP contribution in [0.5, 0.6) is 0 Å². The van der Waals surface area contributed by atoms with E-state index in [1.807, 2.05) is 0 Å². The first-order valence-corrected chi connectivity index (χ1v) is 6.87. The number of carbonyl (C=O) groups excluding carboxylic acids is 3. The van der Waals surface area contributed by atoms with Gasteiger partial charge < -0.3 is 24.3 Å². The Balaban J connectivity index is 3.18. The lowest BCUT2D eigenvalue weighted by Crippen LogP contribution is -2.66. The summed E-state index contributed by atoms with van der Waals surface area (Å²) in [5.41, 5.74) is 0.